The number of carbonyl (C=O) groups excluding carboxylic acids is 2. The average molecular weight is 431 g/mol. The number of esters is 1. The molecule has 2 aliphatic heterocycles. The molecule has 0 aromatic rings. The first-order chi connectivity index (χ1) is 14.3. The second-order valence-corrected chi connectivity index (χ2v) is 12.6. The fraction of sp³-hybridized carbons (Fsp3) is 0.840. The van der Waals surface area contributed by atoms with Crippen molar-refractivity contribution >= 4 is 23.5 Å². The summed E-state index contributed by atoms with van der Waals surface area (Å²) in [5, 5.41) is 0.497. The maximum atomic E-state index is 12.3. The van der Waals surface area contributed by atoms with E-state index in [1.165, 1.54) is 12.0 Å². The average Bonchev–Trinajstić information content (AvgIpc) is 3.19. The Morgan fingerprint density at radius 1 is 1.17 bits per heavy atom. The van der Waals surface area contributed by atoms with Crippen molar-refractivity contribution in [3.63, 3.8) is 0 Å². The first-order valence-corrected chi connectivity index (χ1v) is 13.1. The first kappa shape index (κ1) is 19.8. The molecule has 2 spiro atoms. The molecule has 6 rings (SSSR count). The summed E-state index contributed by atoms with van der Waals surface area (Å²) in [4.78, 5) is 24.5. The monoisotopic (exact) mass is 430 g/mol. The molecule has 5 fully saturated rings. The van der Waals surface area contributed by atoms with E-state index in [1.54, 1.807) is 0 Å². The lowest BCUT2D eigenvalue weighted by molar-refractivity contribution is -0.164. The van der Waals surface area contributed by atoms with Crippen molar-refractivity contribution in [2.75, 3.05) is 5.75 Å². The Kier molecular flexibility index (Phi) is 4.07. The maximum absolute atomic E-state index is 12.3. The molecule has 0 bridgehead atoms. The van der Waals surface area contributed by atoms with E-state index in [0.717, 1.165) is 44.3 Å². The Labute approximate surface area is 183 Å². The van der Waals surface area contributed by atoms with Crippen molar-refractivity contribution in [3.05, 3.63) is 11.6 Å². The van der Waals surface area contributed by atoms with Crippen molar-refractivity contribution in [2.45, 2.75) is 101 Å². The molecule has 5 heteroatoms. The van der Waals surface area contributed by atoms with Gasteiger partial charge in [0.25, 0.3) is 0 Å². The van der Waals surface area contributed by atoms with Gasteiger partial charge in [0, 0.05) is 34.8 Å². The number of epoxide rings is 1. The number of rotatable bonds is 3. The summed E-state index contributed by atoms with van der Waals surface area (Å²) < 4.78 is 12.9. The zero-order valence-corrected chi connectivity index (χ0v) is 19.3. The summed E-state index contributed by atoms with van der Waals surface area (Å²) in [6, 6.07) is 0. The van der Waals surface area contributed by atoms with Crippen LogP contribution in [0.3, 0.4) is 0 Å². The number of hydrogen-bond donors (Lipinski definition) is 0. The van der Waals surface area contributed by atoms with Crippen molar-refractivity contribution in [1.82, 2.24) is 0 Å². The number of ether oxygens (including phenoxy) is 2. The first-order valence-electron chi connectivity index (χ1n) is 12.0. The molecule has 0 amide bonds. The fourth-order valence-corrected chi connectivity index (χ4v) is 10.1. The Balaban J connectivity index is 1.45. The summed E-state index contributed by atoms with van der Waals surface area (Å²) in [7, 11) is 0. The Morgan fingerprint density at radius 3 is 2.73 bits per heavy atom. The fourth-order valence-electron chi connectivity index (χ4n) is 8.67. The van der Waals surface area contributed by atoms with Gasteiger partial charge in [-0.2, -0.15) is 11.8 Å². The van der Waals surface area contributed by atoms with E-state index in [1.807, 2.05) is 6.08 Å². The van der Waals surface area contributed by atoms with E-state index in [-0.39, 0.29) is 34.1 Å². The number of hydrogen-bond acceptors (Lipinski definition) is 5. The van der Waals surface area contributed by atoms with E-state index in [2.05, 4.69) is 32.5 Å². The minimum absolute atomic E-state index is 0.00560. The van der Waals surface area contributed by atoms with Crippen molar-refractivity contribution in [1.29, 1.82) is 0 Å². The Bertz CT molecular complexity index is 852. The zero-order valence-electron chi connectivity index (χ0n) is 18.5. The molecular formula is C25H34O4S. The van der Waals surface area contributed by atoms with Crippen LogP contribution in [0.4, 0.5) is 0 Å². The molecule has 3 saturated carbocycles. The van der Waals surface area contributed by atoms with Gasteiger partial charge in [-0.1, -0.05) is 26.3 Å². The van der Waals surface area contributed by atoms with Crippen molar-refractivity contribution in [3.8, 4) is 0 Å². The second kappa shape index (κ2) is 6.15. The lowest BCUT2D eigenvalue weighted by atomic mass is 9.46. The molecule has 4 unspecified atom stereocenters. The van der Waals surface area contributed by atoms with Gasteiger partial charge in [0.2, 0.25) is 0 Å². The van der Waals surface area contributed by atoms with Gasteiger partial charge in [-0.15, -0.1) is 0 Å². The molecule has 30 heavy (non-hydrogen) atoms. The predicted molar refractivity (Wildman–Crippen MR) is 116 cm³/mol. The highest BCUT2D eigenvalue weighted by Crippen LogP contribution is 2.78. The maximum Gasteiger partial charge on any atom is 0.306 e. The van der Waals surface area contributed by atoms with Crippen LogP contribution >= 0.6 is 11.8 Å². The zero-order chi connectivity index (χ0) is 20.9. The third-order valence-corrected chi connectivity index (χ3v) is 11.7. The lowest BCUT2D eigenvalue weighted by Crippen LogP contribution is -2.63. The molecule has 0 aromatic heterocycles. The quantitative estimate of drug-likeness (QED) is 0.473. The van der Waals surface area contributed by atoms with Gasteiger partial charge in [-0.25, -0.2) is 0 Å². The number of thioether (sulfide) groups is 1. The molecule has 2 heterocycles. The molecule has 0 radical (unpaired) electrons. The van der Waals surface area contributed by atoms with E-state index >= 15 is 0 Å². The highest BCUT2D eigenvalue weighted by atomic mass is 32.2. The van der Waals surface area contributed by atoms with Crippen LogP contribution in [-0.2, 0) is 19.1 Å². The highest BCUT2D eigenvalue weighted by molar-refractivity contribution is 7.99. The normalized spacial score (nSPS) is 53.5. The van der Waals surface area contributed by atoms with Gasteiger partial charge >= 0.3 is 5.97 Å². The van der Waals surface area contributed by atoms with Gasteiger partial charge in [0.15, 0.2) is 5.78 Å². The lowest BCUT2D eigenvalue weighted by Gasteiger charge is -2.59. The summed E-state index contributed by atoms with van der Waals surface area (Å²) in [5.41, 5.74) is 0.980. The molecule has 6 aliphatic rings. The second-order valence-electron chi connectivity index (χ2n) is 11.2. The van der Waals surface area contributed by atoms with E-state index in [9.17, 15) is 9.59 Å². The standard InChI is InChI=1S/C25H34O4S/c1-4-11-30-18-13-15-12-16(26)5-8-22(15,2)25-19(28-25)14-23(3)17(21(18)25)6-9-24(23)10-7-20(27)29-24/h12,17-19,21H,4-11,13-14H2,1-3H3/t17?,18-,19-,21?,22?,23?,24-,25-/m1/s1. The smallest absolute Gasteiger partial charge is 0.306 e. The van der Waals surface area contributed by atoms with Crippen LogP contribution in [0.2, 0.25) is 0 Å². The van der Waals surface area contributed by atoms with E-state index in [0.29, 0.717) is 35.7 Å². The molecule has 0 N–H and O–H groups in total. The molecule has 0 aromatic carbocycles. The number of ketones is 1. The summed E-state index contributed by atoms with van der Waals surface area (Å²) in [5.74, 6) is 2.48. The minimum Gasteiger partial charge on any atom is -0.458 e. The highest BCUT2D eigenvalue weighted by Gasteiger charge is 2.82. The van der Waals surface area contributed by atoms with Gasteiger partial charge in [0.1, 0.15) is 11.2 Å². The van der Waals surface area contributed by atoms with Crippen LogP contribution in [0.25, 0.3) is 0 Å². The largest absolute Gasteiger partial charge is 0.458 e. The Hall–Kier alpha value is -0.810. The minimum atomic E-state index is -0.271. The third-order valence-electron chi connectivity index (χ3n) is 10.2. The van der Waals surface area contributed by atoms with Gasteiger partial charge < -0.3 is 9.47 Å². The summed E-state index contributed by atoms with van der Waals surface area (Å²) in [6.45, 7) is 7.06. The van der Waals surface area contributed by atoms with E-state index < -0.39 is 0 Å². The number of fused-ring (bicyclic) bond motifs is 4. The van der Waals surface area contributed by atoms with Crippen LogP contribution in [-0.4, -0.2) is 40.1 Å². The van der Waals surface area contributed by atoms with Crippen LogP contribution in [0.1, 0.15) is 78.6 Å². The van der Waals surface area contributed by atoms with Crippen LogP contribution in [0.15, 0.2) is 11.6 Å². The van der Waals surface area contributed by atoms with E-state index in [4.69, 9.17) is 9.47 Å². The molecule has 2 saturated heterocycles. The van der Waals surface area contributed by atoms with Gasteiger partial charge in [-0.3, -0.25) is 9.59 Å². The predicted octanol–water partition coefficient (Wildman–Crippen LogP) is 4.85. The van der Waals surface area contributed by atoms with Crippen LogP contribution in [0.5, 0.6) is 0 Å². The molecule has 8 atom stereocenters. The molecule has 4 aliphatic carbocycles. The Morgan fingerprint density at radius 2 is 2.00 bits per heavy atom. The SMILES string of the molecule is CCCS[C@@H]1CC2=CC(=O)CCC2(C)[C@@]23O[C@@H]2CC2(C)C(CC[C@@]24CCC(=O)O4)C13. The van der Waals surface area contributed by atoms with Crippen molar-refractivity contribution in [2.24, 2.45) is 22.7 Å². The molecule has 4 nitrogen and oxygen atoms in total. The van der Waals surface area contributed by atoms with Gasteiger partial charge in [-0.05, 0) is 62.7 Å². The third kappa shape index (κ3) is 2.19. The molecule has 164 valence electrons. The summed E-state index contributed by atoms with van der Waals surface area (Å²) in [6.07, 6.45) is 10.6. The van der Waals surface area contributed by atoms with Crippen molar-refractivity contribution < 1.29 is 19.1 Å². The van der Waals surface area contributed by atoms with Gasteiger partial charge in [0.05, 0.1) is 6.10 Å². The summed E-state index contributed by atoms with van der Waals surface area (Å²) >= 11 is 2.10. The molecular weight excluding hydrogens is 396 g/mol. The van der Waals surface area contributed by atoms with Crippen LogP contribution < -0.4 is 0 Å². The number of carbonyl (C=O) groups is 2. The topological polar surface area (TPSA) is 55.9 Å². The van der Waals surface area contributed by atoms with Crippen LogP contribution in [0, 0.1) is 22.7 Å².